The summed E-state index contributed by atoms with van der Waals surface area (Å²) in [6.07, 6.45) is 5.90. The molecule has 2 aliphatic rings. The highest BCUT2D eigenvalue weighted by molar-refractivity contribution is 7.86. The highest BCUT2D eigenvalue weighted by Gasteiger charge is 2.36. The molecular formula is C19H33N5O4S. The van der Waals surface area contributed by atoms with Gasteiger partial charge in [0.25, 0.3) is 10.2 Å². The van der Waals surface area contributed by atoms with Gasteiger partial charge in [-0.2, -0.15) is 17.0 Å². The van der Waals surface area contributed by atoms with Crippen LogP contribution in [-0.4, -0.2) is 78.3 Å². The van der Waals surface area contributed by atoms with Gasteiger partial charge in [-0.05, 0) is 26.2 Å². The van der Waals surface area contributed by atoms with Gasteiger partial charge in [-0.25, -0.2) is 0 Å². The Bertz CT molecular complexity index is 782. The van der Waals surface area contributed by atoms with Crippen molar-refractivity contribution in [1.29, 1.82) is 0 Å². The fourth-order valence-electron chi connectivity index (χ4n) is 4.31. The van der Waals surface area contributed by atoms with Gasteiger partial charge >= 0.3 is 0 Å². The first-order valence-corrected chi connectivity index (χ1v) is 11.9. The van der Waals surface area contributed by atoms with E-state index in [4.69, 9.17) is 4.52 Å². The Kier molecular flexibility index (Phi) is 7.31. The van der Waals surface area contributed by atoms with Crippen LogP contribution in [-0.2, 0) is 15.0 Å². The summed E-state index contributed by atoms with van der Waals surface area (Å²) in [4.78, 5) is 14.7. The number of amides is 1. The molecule has 1 saturated heterocycles. The molecule has 1 aromatic rings. The first-order valence-electron chi connectivity index (χ1n) is 10.5. The second-order valence-corrected chi connectivity index (χ2v) is 9.97. The summed E-state index contributed by atoms with van der Waals surface area (Å²) in [5.41, 5.74) is 0. The van der Waals surface area contributed by atoms with Gasteiger partial charge in [0, 0.05) is 45.3 Å². The molecule has 1 aliphatic heterocycles. The molecule has 2 heterocycles. The molecule has 9 nitrogen and oxygen atoms in total. The fourth-order valence-corrected chi connectivity index (χ4v) is 5.88. The summed E-state index contributed by atoms with van der Waals surface area (Å²) in [6, 6.07) is 1.45. The first-order chi connectivity index (χ1) is 13.8. The molecule has 1 aliphatic carbocycles. The number of nitrogens with one attached hydrogen (secondary N) is 1. The standard InChI is InChI=1S/C19H33N5O4S/c1-4-17(19(25)20-18-14-15(2)28-21-18)23-10-12-24(13-11-23)29(26,27)22(3)16-8-6-5-7-9-16/h14,16-17H,4-13H2,1-3H3,(H,20,21,25). The second kappa shape index (κ2) is 9.55. The van der Waals surface area contributed by atoms with Crippen LogP contribution in [0.3, 0.4) is 0 Å². The van der Waals surface area contributed by atoms with E-state index in [1.54, 1.807) is 28.6 Å². The van der Waals surface area contributed by atoms with Crippen LogP contribution >= 0.6 is 0 Å². The summed E-state index contributed by atoms with van der Waals surface area (Å²) in [5, 5.41) is 6.60. The van der Waals surface area contributed by atoms with Crippen LogP contribution in [0.1, 0.15) is 51.2 Å². The molecule has 1 saturated carbocycles. The maximum Gasteiger partial charge on any atom is 0.282 e. The van der Waals surface area contributed by atoms with Gasteiger partial charge in [-0.1, -0.05) is 31.3 Å². The summed E-state index contributed by atoms with van der Waals surface area (Å²) >= 11 is 0. The van der Waals surface area contributed by atoms with E-state index in [0.717, 1.165) is 25.7 Å². The molecule has 1 unspecified atom stereocenters. The summed E-state index contributed by atoms with van der Waals surface area (Å²) in [7, 11) is -1.76. The molecule has 164 valence electrons. The van der Waals surface area contributed by atoms with Crippen molar-refractivity contribution in [3.8, 4) is 0 Å². The Hall–Kier alpha value is -1.49. The van der Waals surface area contributed by atoms with Crippen molar-refractivity contribution in [1.82, 2.24) is 18.7 Å². The van der Waals surface area contributed by atoms with E-state index < -0.39 is 10.2 Å². The van der Waals surface area contributed by atoms with Crippen LogP contribution in [0, 0.1) is 6.92 Å². The Morgan fingerprint density at radius 1 is 1.28 bits per heavy atom. The third kappa shape index (κ3) is 5.17. The molecule has 1 atom stereocenters. The van der Waals surface area contributed by atoms with Crippen LogP contribution in [0.25, 0.3) is 0 Å². The second-order valence-electron chi connectivity index (χ2n) is 7.99. The maximum absolute atomic E-state index is 13.0. The third-order valence-electron chi connectivity index (χ3n) is 6.06. The number of anilines is 1. The zero-order valence-electron chi connectivity index (χ0n) is 17.6. The number of aromatic nitrogens is 1. The molecule has 0 spiro atoms. The number of piperazine rings is 1. The average molecular weight is 428 g/mol. The number of hydrogen-bond acceptors (Lipinski definition) is 6. The Morgan fingerprint density at radius 3 is 2.48 bits per heavy atom. The lowest BCUT2D eigenvalue weighted by Crippen LogP contribution is -2.57. The van der Waals surface area contributed by atoms with Gasteiger partial charge < -0.3 is 9.84 Å². The van der Waals surface area contributed by atoms with Crippen molar-refractivity contribution < 1.29 is 17.7 Å². The van der Waals surface area contributed by atoms with Gasteiger partial charge in [0.05, 0.1) is 6.04 Å². The molecule has 0 radical (unpaired) electrons. The topological polar surface area (TPSA) is 99.0 Å². The predicted molar refractivity (Wildman–Crippen MR) is 111 cm³/mol. The van der Waals surface area contributed by atoms with Crippen molar-refractivity contribution in [2.24, 2.45) is 0 Å². The van der Waals surface area contributed by atoms with Gasteiger partial charge in [0.2, 0.25) is 5.91 Å². The Balaban J connectivity index is 1.57. The van der Waals surface area contributed by atoms with Crippen LogP contribution in [0.5, 0.6) is 0 Å². The van der Waals surface area contributed by atoms with E-state index in [1.165, 1.54) is 6.42 Å². The van der Waals surface area contributed by atoms with Crippen molar-refractivity contribution in [2.75, 3.05) is 38.5 Å². The number of hydrogen-bond donors (Lipinski definition) is 1. The number of carbonyl (C=O) groups excluding carboxylic acids is 1. The molecule has 29 heavy (non-hydrogen) atoms. The van der Waals surface area contributed by atoms with Crippen LogP contribution in [0.4, 0.5) is 5.82 Å². The summed E-state index contributed by atoms with van der Waals surface area (Å²) < 4.78 is 34.2. The molecule has 0 aromatic carbocycles. The van der Waals surface area contributed by atoms with Gasteiger partial charge in [-0.3, -0.25) is 9.69 Å². The van der Waals surface area contributed by atoms with Crippen molar-refractivity contribution in [3.63, 3.8) is 0 Å². The van der Waals surface area contributed by atoms with Gasteiger partial charge in [0.1, 0.15) is 5.76 Å². The zero-order valence-corrected chi connectivity index (χ0v) is 18.4. The van der Waals surface area contributed by atoms with Crippen molar-refractivity contribution >= 4 is 21.9 Å². The SMILES string of the molecule is CCC(C(=O)Nc1cc(C)on1)N1CCN(S(=O)(=O)N(C)C2CCCCC2)CC1. The highest BCUT2D eigenvalue weighted by Crippen LogP contribution is 2.25. The van der Waals surface area contributed by atoms with Gasteiger partial charge in [-0.15, -0.1) is 0 Å². The predicted octanol–water partition coefficient (Wildman–Crippen LogP) is 1.83. The number of rotatable bonds is 7. The lowest BCUT2D eigenvalue weighted by Gasteiger charge is -2.40. The van der Waals surface area contributed by atoms with Crippen LogP contribution in [0.15, 0.2) is 10.6 Å². The van der Waals surface area contributed by atoms with E-state index in [0.29, 0.717) is 44.2 Å². The minimum Gasteiger partial charge on any atom is -0.360 e. The van der Waals surface area contributed by atoms with Crippen molar-refractivity contribution in [3.05, 3.63) is 11.8 Å². The molecule has 0 bridgehead atoms. The molecule has 1 aromatic heterocycles. The molecule has 1 N–H and O–H groups in total. The molecule has 10 heteroatoms. The Labute approximate surface area is 173 Å². The van der Waals surface area contributed by atoms with E-state index in [-0.39, 0.29) is 18.0 Å². The number of carbonyl (C=O) groups is 1. The van der Waals surface area contributed by atoms with E-state index in [2.05, 4.69) is 15.4 Å². The first kappa shape index (κ1) is 22.2. The molecule has 3 rings (SSSR count). The lowest BCUT2D eigenvalue weighted by molar-refractivity contribution is -0.122. The highest BCUT2D eigenvalue weighted by atomic mass is 32.2. The van der Waals surface area contributed by atoms with Crippen LogP contribution in [0.2, 0.25) is 0 Å². The Morgan fingerprint density at radius 2 is 1.93 bits per heavy atom. The normalized spacial score (nSPS) is 21.4. The maximum atomic E-state index is 13.0. The van der Waals surface area contributed by atoms with E-state index >= 15 is 0 Å². The molecular weight excluding hydrogens is 394 g/mol. The third-order valence-corrected chi connectivity index (χ3v) is 8.11. The van der Waals surface area contributed by atoms with Crippen LogP contribution < -0.4 is 5.32 Å². The summed E-state index contributed by atoms with van der Waals surface area (Å²) in [5.74, 6) is 0.895. The fraction of sp³-hybridized carbons (Fsp3) is 0.789. The zero-order chi connectivity index (χ0) is 21.0. The number of aryl methyl sites for hydroxylation is 1. The van der Waals surface area contributed by atoms with E-state index in [1.807, 2.05) is 6.92 Å². The lowest BCUT2D eigenvalue weighted by atomic mass is 9.96. The average Bonchev–Trinajstić information content (AvgIpc) is 3.13. The van der Waals surface area contributed by atoms with Gasteiger partial charge in [0.15, 0.2) is 5.82 Å². The van der Waals surface area contributed by atoms with Crippen molar-refractivity contribution in [2.45, 2.75) is 64.5 Å². The number of nitrogens with zero attached hydrogens (tertiary/aromatic N) is 4. The smallest absolute Gasteiger partial charge is 0.282 e. The quantitative estimate of drug-likeness (QED) is 0.713. The monoisotopic (exact) mass is 427 g/mol. The summed E-state index contributed by atoms with van der Waals surface area (Å²) in [6.45, 7) is 5.57. The minimum atomic E-state index is -3.47. The van der Waals surface area contributed by atoms with E-state index in [9.17, 15) is 13.2 Å². The molecule has 1 amide bonds. The molecule has 2 fully saturated rings. The largest absolute Gasteiger partial charge is 0.360 e. The minimum absolute atomic E-state index is 0.104.